The third-order valence-electron chi connectivity index (χ3n) is 5.94. The summed E-state index contributed by atoms with van der Waals surface area (Å²) < 4.78 is 8.86. The number of carbonyl (C=O) groups excluding carboxylic acids is 1. The number of aryl methyl sites for hydroxylation is 1. The number of anilines is 1. The summed E-state index contributed by atoms with van der Waals surface area (Å²) in [4.78, 5) is 29.3. The van der Waals surface area contributed by atoms with Crippen LogP contribution in [0.1, 0.15) is 25.7 Å². The van der Waals surface area contributed by atoms with Crippen LogP contribution in [0.4, 0.5) is 5.69 Å². The Balaban J connectivity index is 1.43. The Labute approximate surface area is 169 Å². The number of pyridine rings is 1. The van der Waals surface area contributed by atoms with E-state index in [0.29, 0.717) is 12.5 Å². The van der Waals surface area contributed by atoms with Crippen molar-refractivity contribution in [2.45, 2.75) is 32.2 Å². The van der Waals surface area contributed by atoms with Crippen molar-refractivity contribution in [3.05, 3.63) is 53.2 Å². The zero-order chi connectivity index (χ0) is 20.4. The van der Waals surface area contributed by atoms with Gasteiger partial charge in [0.2, 0.25) is 5.91 Å². The fourth-order valence-electron chi connectivity index (χ4n) is 4.24. The lowest BCUT2D eigenvalue weighted by molar-refractivity contribution is -0.121. The maximum absolute atomic E-state index is 12.8. The number of hydrogen-bond acceptors (Lipinski definition) is 4. The molecule has 1 saturated carbocycles. The van der Waals surface area contributed by atoms with Crippen LogP contribution in [0.2, 0.25) is 0 Å². The van der Waals surface area contributed by atoms with Gasteiger partial charge in [-0.05, 0) is 55.9 Å². The minimum atomic E-state index is -0.00954. The predicted molar refractivity (Wildman–Crippen MR) is 112 cm³/mol. The van der Waals surface area contributed by atoms with Crippen LogP contribution >= 0.6 is 0 Å². The normalized spacial score (nSPS) is 19.2. The second-order valence-electron chi connectivity index (χ2n) is 7.76. The van der Waals surface area contributed by atoms with E-state index in [0.717, 1.165) is 48.2 Å². The van der Waals surface area contributed by atoms with Gasteiger partial charge in [0.15, 0.2) is 0 Å². The summed E-state index contributed by atoms with van der Waals surface area (Å²) in [7, 11) is 3.43. The Hall–Kier alpha value is -3.09. The van der Waals surface area contributed by atoms with E-state index in [1.807, 2.05) is 34.9 Å². The number of carbonyl (C=O) groups is 1. The minimum absolute atomic E-state index is 0.00954. The summed E-state index contributed by atoms with van der Waals surface area (Å²) in [5.41, 5.74) is 2.52. The third-order valence-corrected chi connectivity index (χ3v) is 5.94. The number of fused-ring (bicyclic) bond motifs is 1. The predicted octanol–water partition coefficient (Wildman–Crippen LogP) is 3.19. The highest BCUT2D eigenvalue weighted by atomic mass is 16.5. The Bertz CT molecular complexity index is 1060. The first kappa shape index (κ1) is 19.2. The molecule has 1 aliphatic carbocycles. The Morgan fingerprint density at radius 3 is 2.69 bits per heavy atom. The quantitative estimate of drug-likeness (QED) is 0.721. The molecule has 29 heavy (non-hydrogen) atoms. The smallest absolute Gasteiger partial charge is 0.328 e. The number of aromatic nitrogens is 3. The van der Waals surface area contributed by atoms with E-state index in [9.17, 15) is 9.59 Å². The largest absolute Gasteiger partial charge is 0.497 e. The summed E-state index contributed by atoms with van der Waals surface area (Å²) >= 11 is 0. The van der Waals surface area contributed by atoms with Gasteiger partial charge in [-0.15, -0.1) is 0 Å². The van der Waals surface area contributed by atoms with Gasteiger partial charge in [-0.1, -0.05) is 0 Å². The van der Waals surface area contributed by atoms with E-state index in [1.165, 1.54) is 0 Å². The lowest BCUT2D eigenvalue weighted by Crippen LogP contribution is -2.30. The van der Waals surface area contributed by atoms with Crippen molar-refractivity contribution in [1.82, 2.24) is 14.1 Å². The molecule has 4 rings (SSSR count). The van der Waals surface area contributed by atoms with Gasteiger partial charge in [-0.3, -0.25) is 18.9 Å². The third kappa shape index (κ3) is 3.90. The van der Waals surface area contributed by atoms with Gasteiger partial charge in [-0.2, -0.15) is 0 Å². The SMILES string of the molecule is COc1ccc2c(c1)n(CC1CCC(C(=O)Nc3cccnc3)CC1)c(=O)n2C. The number of rotatable bonds is 5. The molecule has 0 bridgehead atoms. The molecule has 1 fully saturated rings. The molecule has 7 nitrogen and oxygen atoms in total. The van der Waals surface area contributed by atoms with E-state index < -0.39 is 0 Å². The van der Waals surface area contributed by atoms with Crippen molar-refractivity contribution in [2.24, 2.45) is 18.9 Å². The molecular formula is C22H26N4O3. The number of ether oxygens (including phenoxy) is 1. The Morgan fingerprint density at radius 1 is 1.21 bits per heavy atom. The van der Waals surface area contributed by atoms with Crippen molar-refractivity contribution in [3.63, 3.8) is 0 Å². The van der Waals surface area contributed by atoms with Crippen LogP contribution in [-0.2, 0) is 18.4 Å². The van der Waals surface area contributed by atoms with Crippen LogP contribution in [0.5, 0.6) is 5.75 Å². The first-order valence-corrected chi connectivity index (χ1v) is 10.0. The van der Waals surface area contributed by atoms with Crippen LogP contribution in [-0.4, -0.2) is 27.1 Å². The molecule has 0 saturated heterocycles. The van der Waals surface area contributed by atoms with Gasteiger partial charge < -0.3 is 10.1 Å². The van der Waals surface area contributed by atoms with E-state index in [2.05, 4.69) is 10.3 Å². The molecular weight excluding hydrogens is 368 g/mol. The molecule has 1 amide bonds. The Morgan fingerprint density at radius 2 is 2.00 bits per heavy atom. The van der Waals surface area contributed by atoms with E-state index >= 15 is 0 Å². The summed E-state index contributed by atoms with van der Waals surface area (Å²) in [6.45, 7) is 0.667. The summed E-state index contributed by atoms with van der Waals surface area (Å²) in [6, 6.07) is 9.37. The average Bonchev–Trinajstić information content (AvgIpc) is 2.99. The molecule has 1 aliphatic rings. The fourth-order valence-corrected chi connectivity index (χ4v) is 4.24. The molecule has 0 radical (unpaired) electrons. The van der Waals surface area contributed by atoms with E-state index in [4.69, 9.17) is 4.74 Å². The topological polar surface area (TPSA) is 78.2 Å². The zero-order valence-electron chi connectivity index (χ0n) is 16.8. The first-order valence-electron chi connectivity index (χ1n) is 10.0. The van der Waals surface area contributed by atoms with Crippen molar-refractivity contribution >= 4 is 22.6 Å². The lowest BCUT2D eigenvalue weighted by atomic mass is 9.81. The highest BCUT2D eigenvalue weighted by Gasteiger charge is 2.27. The van der Waals surface area contributed by atoms with Crippen molar-refractivity contribution in [2.75, 3.05) is 12.4 Å². The summed E-state index contributed by atoms with van der Waals surface area (Å²) in [5.74, 6) is 1.19. The maximum atomic E-state index is 12.8. The summed E-state index contributed by atoms with van der Waals surface area (Å²) in [6.07, 6.45) is 6.87. The number of nitrogens with zero attached hydrogens (tertiary/aromatic N) is 3. The van der Waals surface area contributed by atoms with E-state index in [1.54, 1.807) is 31.1 Å². The standard InChI is InChI=1S/C22H26N4O3/c1-25-19-10-9-18(29-2)12-20(19)26(22(25)28)14-15-5-7-16(8-6-15)21(27)24-17-4-3-11-23-13-17/h3-4,9-13,15-16H,5-8,14H2,1-2H3,(H,24,27). The monoisotopic (exact) mass is 394 g/mol. The molecule has 3 aromatic rings. The number of hydrogen-bond donors (Lipinski definition) is 1. The van der Waals surface area contributed by atoms with Crippen LogP contribution in [0.15, 0.2) is 47.5 Å². The van der Waals surface area contributed by atoms with Gasteiger partial charge in [0, 0.05) is 31.8 Å². The molecule has 0 aliphatic heterocycles. The lowest BCUT2D eigenvalue weighted by Gasteiger charge is -2.28. The molecule has 1 aromatic carbocycles. The fraction of sp³-hybridized carbons (Fsp3) is 0.409. The molecule has 0 atom stereocenters. The van der Waals surface area contributed by atoms with Gasteiger partial charge in [-0.25, -0.2) is 4.79 Å². The number of nitrogens with one attached hydrogen (secondary N) is 1. The van der Waals surface area contributed by atoms with Crippen LogP contribution < -0.4 is 15.7 Å². The first-order chi connectivity index (χ1) is 14.1. The highest BCUT2D eigenvalue weighted by molar-refractivity contribution is 5.92. The zero-order valence-corrected chi connectivity index (χ0v) is 16.8. The molecule has 1 N–H and O–H groups in total. The van der Waals surface area contributed by atoms with Gasteiger partial charge >= 0.3 is 5.69 Å². The van der Waals surface area contributed by atoms with Crippen molar-refractivity contribution < 1.29 is 9.53 Å². The van der Waals surface area contributed by atoms with Gasteiger partial charge in [0.05, 0.1) is 30.0 Å². The van der Waals surface area contributed by atoms with E-state index in [-0.39, 0.29) is 17.5 Å². The molecule has 2 heterocycles. The molecule has 0 unspecified atom stereocenters. The Kier molecular flexibility index (Phi) is 5.38. The number of imidazole rings is 1. The molecule has 152 valence electrons. The molecule has 7 heteroatoms. The maximum Gasteiger partial charge on any atom is 0.328 e. The average molecular weight is 394 g/mol. The van der Waals surface area contributed by atoms with Gasteiger partial charge in [0.25, 0.3) is 0 Å². The van der Waals surface area contributed by atoms with Gasteiger partial charge in [0.1, 0.15) is 5.75 Å². The second kappa shape index (κ2) is 8.11. The van der Waals surface area contributed by atoms with Crippen LogP contribution in [0.25, 0.3) is 11.0 Å². The second-order valence-corrected chi connectivity index (χ2v) is 7.76. The number of methoxy groups -OCH3 is 1. The van der Waals surface area contributed by atoms with Crippen LogP contribution in [0.3, 0.4) is 0 Å². The van der Waals surface area contributed by atoms with Crippen molar-refractivity contribution in [1.29, 1.82) is 0 Å². The van der Waals surface area contributed by atoms with Crippen molar-refractivity contribution in [3.8, 4) is 5.75 Å². The number of amides is 1. The van der Waals surface area contributed by atoms with Crippen LogP contribution in [0, 0.1) is 11.8 Å². The highest BCUT2D eigenvalue weighted by Crippen LogP contribution is 2.31. The molecule has 2 aromatic heterocycles. The number of benzene rings is 1. The summed E-state index contributed by atoms with van der Waals surface area (Å²) in [5, 5.41) is 2.95. The molecule has 0 spiro atoms. The minimum Gasteiger partial charge on any atom is -0.497 e.